The predicted octanol–water partition coefficient (Wildman–Crippen LogP) is 4.66. The van der Waals surface area contributed by atoms with Crippen LogP contribution in [0.4, 0.5) is 9.52 Å². The molecular weight excluding hydrogens is 441 g/mol. The van der Waals surface area contributed by atoms with Gasteiger partial charge in [-0.05, 0) is 64.1 Å². The van der Waals surface area contributed by atoms with E-state index >= 15 is 0 Å². The van der Waals surface area contributed by atoms with Crippen LogP contribution in [0, 0.1) is 33.5 Å². The van der Waals surface area contributed by atoms with Crippen LogP contribution in [0.25, 0.3) is 22.7 Å². The van der Waals surface area contributed by atoms with Gasteiger partial charge in [-0.15, -0.1) is 16.4 Å². The first-order valence-electron chi connectivity index (χ1n) is 10.2. The summed E-state index contributed by atoms with van der Waals surface area (Å²) in [5.74, 6) is -0.314. The molecule has 1 aromatic carbocycles. The maximum absolute atomic E-state index is 13.3. The Kier molecular flexibility index (Phi) is 5.01. The highest BCUT2D eigenvalue weighted by Crippen LogP contribution is 2.31. The van der Waals surface area contributed by atoms with Gasteiger partial charge >= 0.3 is 0 Å². The Morgan fingerprint density at radius 1 is 1.00 bits per heavy atom. The fourth-order valence-corrected chi connectivity index (χ4v) is 4.59. The van der Waals surface area contributed by atoms with Gasteiger partial charge in [-0.25, -0.2) is 18.9 Å². The third-order valence-corrected chi connectivity index (χ3v) is 6.10. The van der Waals surface area contributed by atoms with Gasteiger partial charge < -0.3 is 4.57 Å². The van der Waals surface area contributed by atoms with Gasteiger partial charge in [0.2, 0.25) is 5.82 Å². The molecule has 0 aliphatic carbocycles. The van der Waals surface area contributed by atoms with E-state index in [1.54, 1.807) is 16.6 Å². The zero-order chi connectivity index (χ0) is 23.3. The van der Waals surface area contributed by atoms with E-state index in [0.717, 1.165) is 39.7 Å². The lowest BCUT2D eigenvalue weighted by Crippen LogP contribution is -2.13. The van der Waals surface area contributed by atoms with Crippen LogP contribution in [0.3, 0.4) is 0 Å². The number of hydrogen-bond donors (Lipinski definition) is 1. The van der Waals surface area contributed by atoms with Crippen LogP contribution in [-0.2, 0) is 0 Å². The molecule has 10 heteroatoms. The molecule has 1 N–H and O–H groups in total. The molecule has 0 saturated carbocycles. The highest BCUT2D eigenvalue weighted by atomic mass is 32.1. The summed E-state index contributed by atoms with van der Waals surface area (Å²) in [6.07, 6.45) is 0. The molecule has 0 fully saturated rings. The van der Waals surface area contributed by atoms with E-state index in [9.17, 15) is 9.18 Å². The molecule has 0 bridgehead atoms. The van der Waals surface area contributed by atoms with E-state index in [4.69, 9.17) is 0 Å². The first-order valence-corrected chi connectivity index (χ1v) is 11.1. The first-order chi connectivity index (χ1) is 15.8. The van der Waals surface area contributed by atoms with Gasteiger partial charge in [0.25, 0.3) is 11.7 Å². The molecule has 0 aliphatic heterocycles. The SMILES string of the molecule is Cc1cc(C)n2nc(C(=O)Nc3nc(-c4cc(C)n(-c5ccc(F)cc5)c4C)cs3)nc2n1. The highest BCUT2D eigenvalue weighted by molar-refractivity contribution is 7.14. The minimum atomic E-state index is -0.449. The van der Waals surface area contributed by atoms with Crippen molar-refractivity contribution in [3.63, 3.8) is 0 Å². The van der Waals surface area contributed by atoms with E-state index < -0.39 is 5.91 Å². The number of carbonyl (C=O) groups excluding carboxylic acids is 1. The van der Waals surface area contributed by atoms with Crippen molar-refractivity contribution in [2.45, 2.75) is 27.7 Å². The summed E-state index contributed by atoms with van der Waals surface area (Å²) in [4.78, 5) is 25.9. The van der Waals surface area contributed by atoms with E-state index in [1.807, 2.05) is 49.8 Å². The fraction of sp³-hybridized carbons (Fsp3) is 0.174. The van der Waals surface area contributed by atoms with E-state index in [1.165, 1.54) is 23.5 Å². The van der Waals surface area contributed by atoms with Crippen molar-refractivity contribution in [2.75, 3.05) is 5.32 Å². The number of hydrogen-bond acceptors (Lipinski definition) is 6. The van der Waals surface area contributed by atoms with Gasteiger partial charge in [0.05, 0.1) is 5.69 Å². The van der Waals surface area contributed by atoms with Gasteiger partial charge in [0, 0.05) is 39.4 Å². The van der Waals surface area contributed by atoms with Crippen LogP contribution < -0.4 is 5.32 Å². The monoisotopic (exact) mass is 461 g/mol. The Bertz CT molecular complexity index is 1510. The second kappa shape index (κ2) is 7.89. The number of nitrogens with one attached hydrogen (secondary N) is 1. The van der Waals surface area contributed by atoms with Gasteiger partial charge in [0.15, 0.2) is 5.13 Å². The molecule has 0 spiro atoms. The van der Waals surface area contributed by atoms with Crippen molar-refractivity contribution >= 4 is 28.2 Å². The first kappa shape index (κ1) is 21.0. The Hall–Kier alpha value is -3.92. The molecule has 5 aromatic rings. The van der Waals surface area contributed by atoms with Gasteiger partial charge in [-0.3, -0.25) is 10.1 Å². The number of benzene rings is 1. The predicted molar refractivity (Wildman–Crippen MR) is 125 cm³/mol. The van der Waals surface area contributed by atoms with Crippen molar-refractivity contribution in [3.05, 3.63) is 76.2 Å². The highest BCUT2D eigenvalue weighted by Gasteiger charge is 2.19. The van der Waals surface area contributed by atoms with Gasteiger partial charge in [-0.1, -0.05) is 0 Å². The standard InChI is InChI=1S/C23H20FN7OS/c1-12-9-14(3)31-22(25-12)27-20(29-31)21(32)28-23-26-19(11-33-23)18-10-13(2)30(15(18)4)17-7-5-16(24)6-8-17/h5-11H,1-4H3,(H,26,28,32). The number of halogens is 1. The minimum Gasteiger partial charge on any atom is -0.318 e. The Labute approximate surface area is 192 Å². The maximum Gasteiger partial charge on any atom is 0.297 e. The number of aryl methyl sites for hydroxylation is 3. The molecule has 0 radical (unpaired) electrons. The number of anilines is 1. The lowest BCUT2D eigenvalue weighted by molar-refractivity contribution is 0.101. The second-order valence-electron chi connectivity index (χ2n) is 7.77. The number of carbonyl (C=O) groups is 1. The average Bonchev–Trinajstić information content (AvgIpc) is 3.47. The molecule has 4 aromatic heterocycles. The molecule has 4 heterocycles. The number of aromatic nitrogens is 6. The molecule has 8 nitrogen and oxygen atoms in total. The van der Waals surface area contributed by atoms with Crippen LogP contribution in [-0.4, -0.2) is 35.0 Å². The van der Waals surface area contributed by atoms with Crippen molar-refractivity contribution < 1.29 is 9.18 Å². The molecule has 5 rings (SSSR count). The smallest absolute Gasteiger partial charge is 0.297 e. The lowest BCUT2D eigenvalue weighted by atomic mass is 10.2. The van der Waals surface area contributed by atoms with Gasteiger partial charge in [0.1, 0.15) is 5.82 Å². The number of fused-ring (bicyclic) bond motifs is 1. The summed E-state index contributed by atoms with van der Waals surface area (Å²) in [5, 5.41) is 9.37. The number of rotatable bonds is 4. The molecule has 166 valence electrons. The molecular formula is C23H20FN7OS. The summed E-state index contributed by atoms with van der Waals surface area (Å²) in [6.45, 7) is 7.72. The third-order valence-electron chi connectivity index (χ3n) is 5.34. The molecule has 1 amide bonds. The summed E-state index contributed by atoms with van der Waals surface area (Å²) in [7, 11) is 0. The minimum absolute atomic E-state index is 0.0300. The average molecular weight is 462 g/mol. The summed E-state index contributed by atoms with van der Waals surface area (Å²) in [5.41, 5.74) is 6.18. The molecule has 33 heavy (non-hydrogen) atoms. The normalized spacial score (nSPS) is 11.3. The van der Waals surface area contributed by atoms with Crippen LogP contribution >= 0.6 is 11.3 Å². The largest absolute Gasteiger partial charge is 0.318 e. The van der Waals surface area contributed by atoms with Crippen LogP contribution in [0.5, 0.6) is 0 Å². The molecule has 0 saturated heterocycles. The molecule has 0 aliphatic rings. The van der Waals surface area contributed by atoms with Crippen LogP contribution in [0.2, 0.25) is 0 Å². The number of amides is 1. The third kappa shape index (κ3) is 3.78. The summed E-state index contributed by atoms with van der Waals surface area (Å²) >= 11 is 1.32. The zero-order valence-electron chi connectivity index (χ0n) is 18.4. The number of nitrogens with zero attached hydrogens (tertiary/aromatic N) is 6. The van der Waals surface area contributed by atoms with Crippen molar-refractivity contribution in [1.82, 2.24) is 29.1 Å². The van der Waals surface area contributed by atoms with Crippen LogP contribution in [0.15, 0.2) is 41.8 Å². The fourth-order valence-electron chi connectivity index (χ4n) is 3.88. The Morgan fingerprint density at radius 2 is 1.76 bits per heavy atom. The quantitative estimate of drug-likeness (QED) is 0.420. The zero-order valence-corrected chi connectivity index (χ0v) is 19.2. The van der Waals surface area contributed by atoms with Crippen LogP contribution in [0.1, 0.15) is 33.4 Å². The lowest BCUT2D eigenvalue weighted by Gasteiger charge is -2.09. The summed E-state index contributed by atoms with van der Waals surface area (Å²) < 4.78 is 16.9. The number of thiazole rings is 1. The van der Waals surface area contributed by atoms with E-state index in [2.05, 4.69) is 25.4 Å². The van der Waals surface area contributed by atoms with Gasteiger partial charge in [-0.2, -0.15) is 4.98 Å². The Morgan fingerprint density at radius 3 is 2.52 bits per heavy atom. The van der Waals surface area contributed by atoms with E-state index in [0.29, 0.717) is 10.9 Å². The second-order valence-corrected chi connectivity index (χ2v) is 8.63. The maximum atomic E-state index is 13.3. The van der Waals surface area contributed by atoms with Crippen molar-refractivity contribution in [1.29, 1.82) is 0 Å². The molecule has 0 atom stereocenters. The van der Waals surface area contributed by atoms with E-state index in [-0.39, 0.29) is 11.6 Å². The van der Waals surface area contributed by atoms with Crippen molar-refractivity contribution in [3.8, 4) is 16.9 Å². The topological polar surface area (TPSA) is 90.0 Å². The Balaban J connectivity index is 1.41. The molecule has 0 unspecified atom stereocenters. The summed E-state index contributed by atoms with van der Waals surface area (Å²) in [6, 6.07) is 10.3. The van der Waals surface area contributed by atoms with Crippen molar-refractivity contribution in [2.24, 2.45) is 0 Å².